The molecule has 0 saturated heterocycles. The molecule has 1 aromatic heterocycles. The Balaban J connectivity index is 2.08. The molecule has 1 aromatic carbocycles. The minimum atomic E-state index is -3.59. The van der Waals surface area contributed by atoms with Crippen LogP contribution in [-0.4, -0.2) is 24.2 Å². The van der Waals surface area contributed by atoms with Crippen LogP contribution in [0.5, 0.6) is 0 Å². The van der Waals surface area contributed by atoms with Gasteiger partial charge in [-0.1, -0.05) is 0 Å². The number of hydrogen-bond donors (Lipinski definition) is 1. The fourth-order valence-electron chi connectivity index (χ4n) is 1.77. The zero-order valence-electron chi connectivity index (χ0n) is 10.9. The van der Waals surface area contributed by atoms with E-state index in [0.29, 0.717) is 12.1 Å². The molecule has 0 radical (unpaired) electrons. The Kier molecular flexibility index (Phi) is 4.17. The first-order valence-corrected chi connectivity index (χ1v) is 7.49. The fraction of sp³-hybridized carbons (Fsp3) is 0.231. The second-order valence-electron chi connectivity index (χ2n) is 4.39. The van der Waals surface area contributed by atoms with Gasteiger partial charge in [0, 0.05) is 18.4 Å². The molecule has 0 bridgehead atoms. The average molecular weight is 290 g/mol. The van der Waals surface area contributed by atoms with Crippen molar-refractivity contribution < 1.29 is 8.42 Å². The first-order chi connectivity index (χ1) is 9.51. The largest absolute Gasteiger partial charge is 0.271 e. The van der Waals surface area contributed by atoms with Crippen molar-refractivity contribution in [3.8, 4) is 6.07 Å². The Morgan fingerprint density at radius 1 is 1.40 bits per heavy atom. The molecule has 2 rings (SSSR count). The van der Waals surface area contributed by atoms with Gasteiger partial charge in [0.15, 0.2) is 0 Å². The molecule has 1 atom stereocenters. The maximum atomic E-state index is 12.1. The van der Waals surface area contributed by atoms with E-state index in [2.05, 4.69) is 9.82 Å². The lowest BCUT2D eigenvalue weighted by Crippen LogP contribution is -2.35. The fourth-order valence-corrected chi connectivity index (χ4v) is 3.00. The molecule has 20 heavy (non-hydrogen) atoms. The summed E-state index contributed by atoms with van der Waals surface area (Å²) < 4.78 is 28.5. The van der Waals surface area contributed by atoms with Gasteiger partial charge in [0.1, 0.15) is 0 Å². The first kappa shape index (κ1) is 14.2. The summed E-state index contributed by atoms with van der Waals surface area (Å²) in [6.45, 7) is 2.21. The maximum Gasteiger partial charge on any atom is 0.240 e. The number of nitrogens with zero attached hydrogens (tertiary/aromatic N) is 3. The maximum absolute atomic E-state index is 12.1. The summed E-state index contributed by atoms with van der Waals surface area (Å²) in [6.07, 6.45) is 3.41. The Labute approximate surface area is 117 Å². The lowest BCUT2D eigenvalue weighted by atomic mass is 10.2. The number of rotatable bonds is 5. The highest BCUT2D eigenvalue weighted by Crippen LogP contribution is 2.10. The van der Waals surface area contributed by atoms with Crippen molar-refractivity contribution in [1.29, 1.82) is 5.26 Å². The number of nitrogens with one attached hydrogen (secondary N) is 1. The van der Waals surface area contributed by atoms with E-state index in [4.69, 9.17) is 5.26 Å². The quantitative estimate of drug-likeness (QED) is 0.894. The second-order valence-corrected chi connectivity index (χ2v) is 6.10. The van der Waals surface area contributed by atoms with Gasteiger partial charge in [0.05, 0.1) is 23.1 Å². The highest BCUT2D eigenvalue weighted by atomic mass is 32.2. The number of nitriles is 1. The predicted molar refractivity (Wildman–Crippen MR) is 73.2 cm³/mol. The predicted octanol–water partition coefficient (Wildman–Crippen LogP) is 1.12. The van der Waals surface area contributed by atoms with Crippen LogP contribution < -0.4 is 4.72 Å². The number of benzene rings is 1. The van der Waals surface area contributed by atoms with Gasteiger partial charge in [-0.2, -0.15) is 10.4 Å². The van der Waals surface area contributed by atoms with E-state index in [1.807, 2.05) is 6.07 Å². The van der Waals surface area contributed by atoms with Crippen LogP contribution in [0.25, 0.3) is 0 Å². The van der Waals surface area contributed by atoms with Crippen LogP contribution in [0.4, 0.5) is 0 Å². The van der Waals surface area contributed by atoms with Crippen molar-refractivity contribution >= 4 is 10.0 Å². The summed E-state index contributed by atoms with van der Waals surface area (Å²) in [7, 11) is -3.59. The molecule has 0 unspecified atom stereocenters. The van der Waals surface area contributed by atoms with Crippen molar-refractivity contribution in [2.24, 2.45) is 0 Å². The highest BCUT2D eigenvalue weighted by molar-refractivity contribution is 7.89. The smallest absolute Gasteiger partial charge is 0.240 e. The Morgan fingerprint density at radius 3 is 2.65 bits per heavy atom. The normalized spacial score (nSPS) is 12.8. The topological polar surface area (TPSA) is 87.8 Å². The van der Waals surface area contributed by atoms with Crippen molar-refractivity contribution in [1.82, 2.24) is 14.5 Å². The van der Waals surface area contributed by atoms with Gasteiger partial charge in [-0.25, -0.2) is 13.1 Å². The molecular weight excluding hydrogens is 276 g/mol. The molecule has 104 valence electrons. The molecule has 0 fully saturated rings. The lowest BCUT2D eigenvalue weighted by Gasteiger charge is -2.14. The van der Waals surface area contributed by atoms with Crippen LogP contribution in [0.2, 0.25) is 0 Å². The van der Waals surface area contributed by atoms with E-state index in [1.165, 1.54) is 24.3 Å². The van der Waals surface area contributed by atoms with Crippen molar-refractivity contribution in [3.05, 3.63) is 48.3 Å². The SMILES string of the molecule is C[C@H](Cn1cccn1)NS(=O)(=O)c1ccc(C#N)cc1. The summed E-state index contributed by atoms with van der Waals surface area (Å²) in [5, 5.41) is 12.7. The van der Waals surface area contributed by atoms with Gasteiger partial charge in [0.2, 0.25) is 10.0 Å². The molecule has 2 aromatic rings. The van der Waals surface area contributed by atoms with Gasteiger partial charge in [-0.3, -0.25) is 4.68 Å². The summed E-state index contributed by atoms with van der Waals surface area (Å²) in [4.78, 5) is 0.142. The molecule has 1 N–H and O–H groups in total. The van der Waals surface area contributed by atoms with Gasteiger partial charge < -0.3 is 0 Å². The molecule has 0 aliphatic carbocycles. The number of aromatic nitrogens is 2. The van der Waals surface area contributed by atoms with Gasteiger partial charge in [-0.05, 0) is 37.3 Å². The lowest BCUT2D eigenvalue weighted by molar-refractivity contribution is 0.494. The monoisotopic (exact) mass is 290 g/mol. The molecule has 0 aliphatic heterocycles. The van der Waals surface area contributed by atoms with Crippen LogP contribution in [-0.2, 0) is 16.6 Å². The molecular formula is C13H14N4O2S. The third kappa shape index (κ3) is 3.44. The Hall–Kier alpha value is -2.17. The highest BCUT2D eigenvalue weighted by Gasteiger charge is 2.17. The molecule has 0 spiro atoms. The zero-order chi connectivity index (χ0) is 14.6. The molecule has 1 heterocycles. The number of hydrogen-bond acceptors (Lipinski definition) is 4. The van der Waals surface area contributed by atoms with Crippen LogP contribution in [0.1, 0.15) is 12.5 Å². The summed E-state index contributed by atoms with van der Waals surface area (Å²) in [6, 6.07) is 9.23. The van der Waals surface area contributed by atoms with Crippen LogP contribution in [0.15, 0.2) is 47.6 Å². The molecule has 0 aliphatic rings. The van der Waals surface area contributed by atoms with E-state index < -0.39 is 10.0 Å². The van der Waals surface area contributed by atoms with E-state index in [-0.39, 0.29) is 10.9 Å². The third-order valence-electron chi connectivity index (χ3n) is 2.67. The minimum absolute atomic E-state index is 0.142. The summed E-state index contributed by atoms with van der Waals surface area (Å²) in [5.74, 6) is 0. The summed E-state index contributed by atoms with van der Waals surface area (Å²) >= 11 is 0. The zero-order valence-corrected chi connectivity index (χ0v) is 11.7. The van der Waals surface area contributed by atoms with E-state index in [1.54, 1.807) is 30.1 Å². The van der Waals surface area contributed by atoms with Crippen molar-refractivity contribution in [3.63, 3.8) is 0 Å². The van der Waals surface area contributed by atoms with E-state index >= 15 is 0 Å². The third-order valence-corrected chi connectivity index (χ3v) is 4.28. The Bertz CT molecular complexity index is 700. The minimum Gasteiger partial charge on any atom is -0.271 e. The average Bonchev–Trinajstić information content (AvgIpc) is 2.91. The standard InChI is InChI=1S/C13H14N4O2S/c1-11(10-17-8-2-7-15-17)16-20(18,19)13-5-3-12(9-14)4-6-13/h2-8,11,16H,10H2,1H3/t11-/m1/s1. The van der Waals surface area contributed by atoms with Gasteiger partial charge in [-0.15, -0.1) is 0 Å². The van der Waals surface area contributed by atoms with Gasteiger partial charge >= 0.3 is 0 Å². The molecule has 6 nitrogen and oxygen atoms in total. The summed E-state index contributed by atoms with van der Waals surface area (Å²) in [5.41, 5.74) is 0.425. The van der Waals surface area contributed by atoms with Crippen LogP contribution in [0, 0.1) is 11.3 Å². The number of sulfonamides is 1. The molecule has 7 heteroatoms. The molecule has 0 amide bonds. The van der Waals surface area contributed by atoms with E-state index in [0.717, 1.165) is 0 Å². The molecule has 0 saturated carbocycles. The second kappa shape index (κ2) is 5.86. The van der Waals surface area contributed by atoms with Crippen LogP contribution >= 0.6 is 0 Å². The van der Waals surface area contributed by atoms with Gasteiger partial charge in [0.25, 0.3) is 0 Å². The van der Waals surface area contributed by atoms with E-state index in [9.17, 15) is 8.42 Å². The van der Waals surface area contributed by atoms with Crippen molar-refractivity contribution in [2.45, 2.75) is 24.4 Å². The van der Waals surface area contributed by atoms with Crippen molar-refractivity contribution in [2.75, 3.05) is 0 Å². The first-order valence-electron chi connectivity index (χ1n) is 6.01. The Morgan fingerprint density at radius 2 is 2.10 bits per heavy atom. The van der Waals surface area contributed by atoms with Crippen LogP contribution in [0.3, 0.4) is 0 Å².